The first-order valence-corrected chi connectivity index (χ1v) is 8.16. The second kappa shape index (κ2) is 4.16. The van der Waals surface area contributed by atoms with Crippen molar-refractivity contribution in [1.82, 2.24) is 0 Å². The van der Waals surface area contributed by atoms with Crippen LogP contribution in [0.5, 0.6) is 0 Å². The Kier molecular flexibility index (Phi) is 2.43. The predicted octanol–water partition coefficient (Wildman–Crippen LogP) is 3.19. The fourth-order valence-corrected chi connectivity index (χ4v) is 4.51. The first-order chi connectivity index (χ1) is 11.4. The van der Waals surface area contributed by atoms with E-state index in [9.17, 15) is 14.7 Å². The molecule has 2 heterocycles. The van der Waals surface area contributed by atoms with Crippen molar-refractivity contribution in [2.45, 2.75) is 44.3 Å². The number of aliphatic hydroxyl groups excluding tert-OH is 1. The molecule has 1 aromatic carbocycles. The van der Waals surface area contributed by atoms with Crippen LogP contribution in [0, 0.1) is 0 Å². The summed E-state index contributed by atoms with van der Waals surface area (Å²) in [7, 11) is 0. The van der Waals surface area contributed by atoms with E-state index in [2.05, 4.69) is 6.92 Å². The van der Waals surface area contributed by atoms with Crippen LogP contribution in [0.1, 0.15) is 87.6 Å². The first kappa shape index (κ1) is 14.0. The van der Waals surface area contributed by atoms with E-state index in [0.717, 1.165) is 23.1 Å². The predicted molar refractivity (Wildman–Crippen MR) is 83.1 cm³/mol. The van der Waals surface area contributed by atoms with Gasteiger partial charge in [-0.15, -0.1) is 0 Å². The Morgan fingerprint density at radius 2 is 2.00 bits per heavy atom. The summed E-state index contributed by atoms with van der Waals surface area (Å²) in [6.45, 7) is 3.92. The number of aliphatic hydroxyl groups is 1. The van der Waals surface area contributed by atoms with Crippen molar-refractivity contribution in [2.75, 3.05) is 0 Å². The maximum Gasteiger partial charge on any atom is 0.339 e. The third kappa shape index (κ3) is 1.44. The molecule has 24 heavy (non-hydrogen) atoms. The molecule has 5 rings (SSSR count). The van der Waals surface area contributed by atoms with E-state index >= 15 is 0 Å². The van der Waals surface area contributed by atoms with Gasteiger partial charge >= 0.3 is 5.97 Å². The summed E-state index contributed by atoms with van der Waals surface area (Å²) >= 11 is 0. The highest BCUT2D eigenvalue weighted by Gasteiger charge is 2.49. The van der Waals surface area contributed by atoms with Crippen molar-refractivity contribution in [3.8, 4) is 0 Å². The molecule has 1 aromatic heterocycles. The molecule has 0 radical (unpaired) electrons. The van der Waals surface area contributed by atoms with Gasteiger partial charge in [0.15, 0.2) is 5.76 Å². The first-order valence-electron chi connectivity index (χ1n) is 8.16. The molecule has 5 heteroatoms. The Bertz CT molecular complexity index is 937. The standard InChI is InChI=1S/C19H16O5/c1-8-9-6-13-11(5-10(9)18(22)24-8)16(21)17-15-12(7-23-17)14(20)3-4-19(13,15)2/h5-8,14,20H,3-4H2,1-2H3. The Hall–Kier alpha value is -2.40. The van der Waals surface area contributed by atoms with Gasteiger partial charge in [0, 0.05) is 27.7 Å². The van der Waals surface area contributed by atoms with Gasteiger partial charge in [0.25, 0.3) is 0 Å². The van der Waals surface area contributed by atoms with E-state index in [0.29, 0.717) is 23.1 Å². The van der Waals surface area contributed by atoms with E-state index < -0.39 is 11.5 Å². The van der Waals surface area contributed by atoms with Gasteiger partial charge in [0.1, 0.15) is 6.10 Å². The number of cyclic esters (lactones) is 1. The molecule has 5 nitrogen and oxygen atoms in total. The summed E-state index contributed by atoms with van der Waals surface area (Å²) in [6.07, 6.45) is 1.92. The van der Waals surface area contributed by atoms with Crippen LogP contribution in [0.25, 0.3) is 0 Å². The molecule has 0 spiro atoms. The van der Waals surface area contributed by atoms with Gasteiger partial charge < -0.3 is 14.3 Å². The van der Waals surface area contributed by atoms with Crippen LogP contribution >= 0.6 is 0 Å². The summed E-state index contributed by atoms with van der Waals surface area (Å²) in [5.74, 6) is -0.325. The molecule has 122 valence electrons. The van der Waals surface area contributed by atoms with E-state index in [4.69, 9.17) is 9.15 Å². The van der Waals surface area contributed by atoms with Crippen LogP contribution in [-0.2, 0) is 10.2 Å². The zero-order chi connectivity index (χ0) is 16.8. The third-order valence-electron chi connectivity index (χ3n) is 5.82. The lowest BCUT2D eigenvalue weighted by molar-refractivity contribution is 0.0421. The van der Waals surface area contributed by atoms with Gasteiger partial charge in [-0.25, -0.2) is 4.79 Å². The second-order valence-corrected chi connectivity index (χ2v) is 7.14. The highest BCUT2D eigenvalue weighted by atomic mass is 16.5. The number of rotatable bonds is 0. The molecule has 3 atom stereocenters. The largest absolute Gasteiger partial charge is 0.460 e. The number of benzene rings is 1. The average Bonchev–Trinajstić information content (AvgIpc) is 3.12. The lowest BCUT2D eigenvalue weighted by Crippen LogP contribution is -2.36. The van der Waals surface area contributed by atoms with Crippen molar-refractivity contribution >= 4 is 11.8 Å². The number of fused-ring (bicyclic) bond motifs is 3. The molecular weight excluding hydrogens is 308 g/mol. The minimum Gasteiger partial charge on any atom is -0.460 e. The SMILES string of the molecule is CC1OC(=O)c2cc3c(cc21)C1(C)CCC(O)c2coc(c21)C3=O. The summed E-state index contributed by atoms with van der Waals surface area (Å²) in [5.41, 5.74) is 3.80. The summed E-state index contributed by atoms with van der Waals surface area (Å²) < 4.78 is 10.8. The van der Waals surface area contributed by atoms with E-state index in [-0.39, 0.29) is 23.6 Å². The average molecular weight is 324 g/mol. The van der Waals surface area contributed by atoms with Gasteiger partial charge in [0.05, 0.1) is 17.9 Å². The zero-order valence-corrected chi connectivity index (χ0v) is 13.4. The van der Waals surface area contributed by atoms with Crippen LogP contribution in [0.3, 0.4) is 0 Å². The molecule has 1 N–H and O–H groups in total. The molecule has 1 aliphatic heterocycles. The van der Waals surface area contributed by atoms with Crippen LogP contribution in [0.15, 0.2) is 22.8 Å². The van der Waals surface area contributed by atoms with E-state index in [1.807, 2.05) is 13.0 Å². The van der Waals surface area contributed by atoms with E-state index in [1.165, 1.54) is 6.26 Å². The maximum atomic E-state index is 12.9. The molecule has 2 aromatic rings. The van der Waals surface area contributed by atoms with Gasteiger partial charge in [-0.2, -0.15) is 0 Å². The van der Waals surface area contributed by atoms with Gasteiger partial charge in [-0.05, 0) is 37.5 Å². The number of ketones is 1. The van der Waals surface area contributed by atoms with Crippen molar-refractivity contribution in [3.63, 3.8) is 0 Å². The molecule has 0 saturated carbocycles. The van der Waals surface area contributed by atoms with Crippen LogP contribution < -0.4 is 0 Å². The Labute approximate surface area is 138 Å². The number of esters is 1. The normalized spacial score (nSPS) is 29.8. The summed E-state index contributed by atoms with van der Waals surface area (Å²) in [6, 6.07) is 3.59. The van der Waals surface area contributed by atoms with Gasteiger partial charge in [-0.1, -0.05) is 6.92 Å². The molecule has 0 bridgehead atoms. The fourth-order valence-electron chi connectivity index (χ4n) is 4.51. The minimum absolute atomic E-state index is 0.229. The highest BCUT2D eigenvalue weighted by molar-refractivity contribution is 6.13. The van der Waals surface area contributed by atoms with Gasteiger partial charge in [-0.3, -0.25) is 4.79 Å². The highest BCUT2D eigenvalue weighted by Crippen LogP contribution is 2.53. The monoisotopic (exact) mass is 324 g/mol. The zero-order valence-electron chi connectivity index (χ0n) is 13.4. The molecule has 2 aliphatic carbocycles. The summed E-state index contributed by atoms with van der Waals surface area (Å²) in [5, 5.41) is 10.3. The number of hydrogen-bond acceptors (Lipinski definition) is 5. The smallest absolute Gasteiger partial charge is 0.339 e. The molecular formula is C19H16O5. The van der Waals surface area contributed by atoms with Crippen LogP contribution in [0.4, 0.5) is 0 Å². The molecule has 0 saturated heterocycles. The fraction of sp³-hybridized carbons (Fsp3) is 0.368. The minimum atomic E-state index is -0.599. The van der Waals surface area contributed by atoms with Crippen molar-refractivity contribution in [3.05, 3.63) is 57.5 Å². The number of furan rings is 1. The van der Waals surface area contributed by atoms with Crippen molar-refractivity contribution in [2.24, 2.45) is 0 Å². The Morgan fingerprint density at radius 1 is 1.21 bits per heavy atom. The van der Waals surface area contributed by atoms with Crippen LogP contribution in [0.2, 0.25) is 0 Å². The number of carbonyl (C=O) groups excluding carboxylic acids is 2. The lowest BCUT2D eigenvalue weighted by atomic mass is 9.62. The maximum absolute atomic E-state index is 12.9. The van der Waals surface area contributed by atoms with Crippen molar-refractivity contribution < 1.29 is 23.8 Å². The van der Waals surface area contributed by atoms with Crippen LogP contribution in [-0.4, -0.2) is 16.9 Å². The quantitative estimate of drug-likeness (QED) is 0.753. The Balaban J connectivity index is 1.84. The molecule has 0 fully saturated rings. The van der Waals surface area contributed by atoms with E-state index in [1.54, 1.807) is 6.07 Å². The van der Waals surface area contributed by atoms with Gasteiger partial charge in [0.2, 0.25) is 5.78 Å². The molecule has 3 unspecified atom stereocenters. The lowest BCUT2D eigenvalue weighted by Gasteiger charge is -2.40. The third-order valence-corrected chi connectivity index (χ3v) is 5.82. The summed E-state index contributed by atoms with van der Waals surface area (Å²) in [4.78, 5) is 24.9. The topological polar surface area (TPSA) is 76.7 Å². The number of carbonyl (C=O) groups is 2. The number of ether oxygens (including phenoxy) is 1. The molecule has 0 amide bonds. The Morgan fingerprint density at radius 3 is 2.79 bits per heavy atom. The number of hydrogen-bond donors (Lipinski definition) is 1. The molecule has 3 aliphatic rings. The second-order valence-electron chi connectivity index (χ2n) is 7.14. The van der Waals surface area contributed by atoms with Crippen molar-refractivity contribution in [1.29, 1.82) is 0 Å².